The van der Waals surface area contributed by atoms with E-state index in [-0.39, 0.29) is 48.1 Å². The normalized spacial score (nSPS) is 19.9. The molecule has 3 amide bonds. The van der Waals surface area contributed by atoms with Gasteiger partial charge in [0.05, 0.1) is 24.0 Å². The Morgan fingerprint density at radius 1 is 0.930 bits per heavy atom. The molecule has 1 saturated carbocycles. The third-order valence-corrected chi connectivity index (χ3v) is 15.3. The van der Waals surface area contributed by atoms with Crippen molar-refractivity contribution in [3.05, 3.63) is 135 Å². The van der Waals surface area contributed by atoms with Gasteiger partial charge in [-0.1, -0.05) is 68.8 Å². The molecule has 1 aliphatic carbocycles. The molecular weight excluding hydrogens is 938 g/mol. The van der Waals surface area contributed by atoms with Crippen molar-refractivity contribution in [2.75, 3.05) is 6.54 Å². The number of rotatable bonds is 14. The van der Waals surface area contributed by atoms with Crippen LogP contribution in [0.1, 0.15) is 103 Å². The third-order valence-electron chi connectivity index (χ3n) is 13.8. The predicted molar refractivity (Wildman–Crippen MR) is 271 cm³/mol. The minimum atomic E-state index is -0.624. The zero-order chi connectivity index (χ0) is 49.7. The van der Waals surface area contributed by atoms with Crippen molar-refractivity contribution in [1.82, 2.24) is 50.0 Å². The van der Waals surface area contributed by atoms with E-state index < -0.39 is 18.1 Å². The fraction of sp³-hybridized carbons (Fsp3) is 0.377. The molecular formula is C53H56ClN11O5S. The van der Waals surface area contributed by atoms with Gasteiger partial charge in [0.2, 0.25) is 23.6 Å². The number of ether oxygens (including phenoxy) is 1. The molecule has 5 aromatic heterocycles. The zero-order valence-electron chi connectivity index (χ0n) is 40.7. The number of carbonyl (C=O) groups is 3. The van der Waals surface area contributed by atoms with Gasteiger partial charge in [-0.2, -0.15) is 5.10 Å². The molecule has 3 aliphatic rings. The molecule has 7 aromatic rings. The van der Waals surface area contributed by atoms with Crippen LogP contribution in [0.5, 0.6) is 5.88 Å². The van der Waals surface area contributed by atoms with Gasteiger partial charge >= 0.3 is 0 Å². The lowest BCUT2D eigenvalue weighted by molar-refractivity contribution is -0.142. The monoisotopic (exact) mass is 993 g/mol. The summed E-state index contributed by atoms with van der Waals surface area (Å²) < 4.78 is 15.6. The number of aryl methyl sites for hydroxylation is 3. The number of amides is 3. The van der Waals surface area contributed by atoms with Crippen LogP contribution in [0.3, 0.4) is 0 Å². The fourth-order valence-corrected chi connectivity index (χ4v) is 11.2. The summed E-state index contributed by atoms with van der Waals surface area (Å²) in [6.45, 7) is 14.9. The number of carbonyl (C=O) groups excluding carboxylic acids is 3. The van der Waals surface area contributed by atoms with Crippen LogP contribution in [0.25, 0.3) is 27.5 Å². The summed E-state index contributed by atoms with van der Waals surface area (Å²) in [7, 11) is 0. The first kappa shape index (κ1) is 47.7. The average Bonchev–Trinajstić information content (AvgIpc) is 4.19. The molecule has 2 aliphatic heterocycles. The molecule has 4 atom stereocenters. The Morgan fingerprint density at radius 3 is 2.42 bits per heavy atom. The highest BCUT2D eigenvalue weighted by Crippen LogP contribution is 2.40. The molecule has 0 bridgehead atoms. The van der Waals surface area contributed by atoms with Crippen LogP contribution in [0.4, 0.5) is 0 Å². The third kappa shape index (κ3) is 9.64. The number of fused-ring (bicyclic) bond motifs is 3. The van der Waals surface area contributed by atoms with E-state index in [0.717, 1.165) is 66.9 Å². The first-order chi connectivity index (χ1) is 34.2. The van der Waals surface area contributed by atoms with Gasteiger partial charge in [0, 0.05) is 82.6 Å². The van der Waals surface area contributed by atoms with Gasteiger partial charge in [-0.05, 0) is 80.8 Å². The summed E-state index contributed by atoms with van der Waals surface area (Å²) in [5, 5.41) is 21.6. The summed E-state index contributed by atoms with van der Waals surface area (Å²) in [4.78, 5) is 58.7. The van der Waals surface area contributed by atoms with E-state index in [0.29, 0.717) is 49.1 Å². The Labute approximate surface area is 420 Å². The molecule has 18 heteroatoms. The molecule has 2 N–H and O–H groups in total. The van der Waals surface area contributed by atoms with Crippen LogP contribution in [0, 0.1) is 39.5 Å². The first-order valence-corrected chi connectivity index (χ1v) is 25.3. The number of oxazole rings is 1. The standard InChI is InChI=1S/C53H56ClN11O5S/c1-28(2)48(52(68)63-25-29(3)18-43(63)51(67)56-23-34-8-10-36(11-9-34)49-31(5)57-27-69-49)64-26-38(24-58-64)37-16-17-55-45(19-37)70-41-20-40(21-41)59-44(66)22-42-50-62-61-33(7)65(50)53-46(30(4)32(6)71-53)47(60-42)35-12-14-39(54)15-13-35/h8-17,19,24,26-29,40-43,48H,18,20-23,25H2,1-7H3,(H,56,67)(H,59,66)/t29-,40?,41?,42+,43+,48+/m1/s1. The van der Waals surface area contributed by atoms with Crippen molar-refractivity contribution in [2.45, 2.75) is 111 Å². The largest absolute Gasteiger partial charge is 0.474 e. The Kier molecular flexibility index (Phi) is 13.2. The summed E-state index contributed by atoms with van der Waals surface area (Å²) in [6.07, 6.45) is 8.51. The van der Waals surface area contributed by atoms with E-state index in [2.05, 4.69) is 51.6 Å². The number of nitrogens with one attached hydrogen (secondary N) is 2. The Bertz CT molecular complexity index is 3150. The first-order valence-electron chi connectivity index (χ1n) is 24.1. The average molecular weight is 995 g/mol. The van der Waals surface area contributed by atoms with Gasteiger partial charge < -0.3 is 24.7 Å². The number of aliphatic imine (C=N–C) groups is 1. The summed E-state index contributed by atoms with van der Waals surface area (Å²) >= 11 is 7.96. The number of pyridine rings is 1. The van der Waals surface area contributed by atoms with Crippen molar-refractivity contribution >= 4 is 46.4 Å². The minimum Gasteiger partial charge on any atom is -0.474 e. The molecule has 2 fully saturated rings. The van der Waals surface area contributed by atoms with Crippen LogP contribution in [0.15, 0.2) is 95.1 Å². The fourth-order valence-electron chi connectivity index (χ4n) is 9.91. The van der Waals surface area contributed by atoms with Crippen molar-refractivity contribution in [3.8, 4) is 33.3 Å². The molecule has 10 rings (SSSR count). The lowest BCUT2D eigenvalue weighted by atomic mass is 9.89. The van der Waals surface area contributed by atoms with E-state index >= 15 is 0 Å². The van der Waals surface area contributed by atoms with Gasteiger partial charge in [-0.3, -0.25) is 28.6 Å². The number of likely N-dealkylation sites (tertiary alicyclic amines) is 1. The van der Waals surface area contributed by atoms with Gasteiger partial charge in [0.15, 0.2) is 18.0 Å². The van der Waals surface area contributed by atoms with Crippen molar-refractivity contribution in [1.29, 1.82) is 0 Å². The van der Waals surface area contributed by atoms with Crippen LogP contribution in [0.2, 0.25) is 5.02 Å². The summed E-state index contributed by atoms with van der Waals surface area (Å²) in [6, 6.07) is 17.3. The Morgan fingerprint density at radius 2 is 1.69 bits per heavy atom. The smallest absolute Gasteiger partial charge is 0.248 e. The van der Waals surface area contributed by atoms with Crippen molar-refractivity contribution in [2.24, 2.45) is 16.8 Å². The molecule has 16 nitrogen and oxygen atoms in total. The number of hydrogen-bond donors (Lipinski definition) is 2. The maximum Gasteiger partial charge on any atom is 0.248 e. The van der Waals surface area contributed by atoms with Crippen molar-refractivity contribution in [3.63, 3.8) is 0 Å². The maximum atomic E-state index is 14.4. The number of nitrogens with zero attached hydrogens (tertiary/aromatic N) is 9. The molecule has 1 saturated heterocycles. The quantitative estimate of drug-likeness (QED) is 0.107. The van der Waals surface area contributed by atoms with E-state index in [1.54, 1.807) is 33.3 Å². The van der Waals surface area contributed by atoms with E-state index in [1.807, 2.05) is 99.1 Å². The number of halogens is 1. The van der Waals surface area contributed by atoms with Gasteiger partial charge in [-0.25, -0.2) is 9.97 Å². The van der Waals surface area contributed by atoms with Crippen molar-refractivity contribution < 1.29 is 23.5 Å². The van der Waals surface area contributed by atoms with E-state index in [9.17, 15) is 14.4 Å². The number of benzene rings is 2. The number of hydrogen-bond acceptors (Lipinski definition) is 12. The molecule has 71 heavy (non-hydrogen) atoms. The second kappa shape index (κ2) is 19.7. The maximum absolute atomic E-state index is 14.4. The molecule has 7 heterocycles. The lowest BCUT2D eigenvalue weighted by Crippen LogP contribution is -2.49. The van der Waals surface area contributed by atoms with Gasteiger partial charge in [-0.15, -0.1) is 21.5 Å². The van der Waals surface area contributed by atoms with Crippen LogP contribution < -0.4 is 15.4 Å². The lowest BCUT2D eigenvalue weighted by Gasteiger charge is -2.35. The number of thiophene rings is 1. The van der Waals surface area contributed by atoms with Gasteiger partial charge in [0.1, 0.15) is 35.1 Å². The predicted octanol–water partition coefficient (Wildman–Crippen LogP) is 8.89. The molecule has 0 unspecified atom stereocenters. The topological polar surface area (TPSA) is 188 Å². The second-order valence-corrected chi connectivity index (χ2v) is 21.0. The van der Waals surface area contributed by atoms with Crippen LogP contribution in [-0.2, 0) is 20.9 Å². The Balaban J connectivity index is 0.757. The highest BCUT2D eigenvalue weighted by molar-refractivity contribution is 7.15. The SMILES string of the molecule is Cc1ncoc1-c1ccc(CNC(=O)[C@@H]2C[C@@H](C)CN2C(=O)[C@H](C(C)C)n2cc(-c3ccnc(OC4CC(NC(=O)C[C@@H]5N=C(c6ccc(Cl)cc6)c6c(sc(C)c6C)-n6c(C)nnc65)C4)c3)cn2)cc1. The molecule has 0 radical (unpaired) electrons. The minimum absolute atomic E-state index is 0.0755. The van der Waals surface area contributed by atoms with E-state index in [1.165, 1.54) is 11.3 Å². The highest BCUT2D eigenvalue weighted by Gasteiger charge is 2.42. The van der Waals surface area contributed by atoms with E-state index in [4.69, 9.17) is 30.8 Å². The van der Waals surface area contributed by atoms with Crippen LogP contribution >= 0.6 is 22.9 Å². The molecule has 366 valence electrons. The highest BCUT2D eigenvalue weighted by atomic mass is 35.5. The molecule has 0 spiro atoms. The molecule has 2 aromatic carbocycles. The van der Waals surface area contributed by atoms with Gasteiger partial charge in [0.25, 0.3) is 0 Å². The van der Waals surface area contributed by atoms with Crippen LogP contribution in [-0.4, -0.2) is 87.6 Å². The Hall–Kier alpha value is -6.98. The summed E-state index contributed by atoms with van der Waals surface area (Å²) in [5.41, 5.74) is 8.16. The summed E-state index contributed by atoms with van der Waals surface area (Å²) in [5.74, 6) is 2.15. The second-order valence-electron chi connectivity index (χ2n) is 19.4. The zero-order valence-corrected chi connectivity index (χ0v) is 42.3. The number of aromatic nitrogens is 7.